The Morgan fingerprint density at radius 2 is 1.05 bits per heavy atom. The van der Waals surface area contributed by atoms with Crippen LogP contribution in [0.4, 0.5) is 0 Å². The lowest BCUT2D eigenvalue weighted by Gasteiger charge is -2.04. The largest absolute Gasteiger partial charge is 0.270 e. The highest BCUT2D eigenvalue weighted by Gasteiger charge is 2.27. The second kappa shape index (κ2) is 8.64. The molecule has 0 radical (unpaired) electrons. The molecule has 0 bridgehead atoms. The monoisotopic (exact) mass is 434 g/mol. The molecular formula is C10H8Cl6O2S2. The predicted molar refractivity (Wildman–Crippen MR) is 91.4 cm³/mol. The molecule has 0 aliphatic carbocycles. The van der Waals surface area contributed by atoms with Gasteiger partial charge in [0.25, 0.3) is 6.25 Å². The molecule has 0 aromatic heterocycles. The van der Waals surface area contributed by atoms with Crippen molar-refractivity contribution in [2.45, 2.75) is 20.1 Å². The van der Waals surface area contributed by atoms with Gasteiger partial charge in [0.1, 0.15) is 21.6 Å². The number of allylic oxidation sites excluding steroid dienone is 2. The van der Waals surface area contributed by atoms with Crippen molar-refractivity contribution in [3.05, 3.63) is 33.4 Å². The van der Waals surface area contributed by atoms with Gasteiger partial charge < -0.3 is 0 Å². The lowest BCUT2D eigenvalue weighted by Crippen LogP contribution is -2.08. The van der Waals surface area contributed by atoms with Gasteiger partial charge in [0.2, 0.25) is 0 Å². The zero-order valence-electron chi connectivity index (χ0n) is 10.1. The van der Waals surface area contributed by atoms with E-state index in [0.29, 0.717) is 11.1 Å². The van der Waals surface area contributed by atoms with Crippen molar-refractivity contribution < 1.29 is 8.42 Å². The van der Waals surface area contributed by atoms with Gasteiger partial charge in [0.15, 0.2) is 0 Å². The first-order chi connectivity index (χ1) is 8.85. The molecule has 0 aromatic carbocycles. The fourth-order valence-corrected chi connectivity index (χ4v) is 2.27. The summed E-state index contributed by atoms with van der Waals surface area (Å²) in [6.07, 6.45) is 0. The van der Waals surface area contributed by atoms with Crippen molar-refractivity contribution in [2.75, 3.05) is 0 Å². The van der Waals surface area contributed by atoms with E-state index in [-0.39, 0.29) is 0 Å². The molecule has 0 rings (SSSR count). The van der Waals surface area contributed by atoms with Gasteiger partial charge in [0, 0.05) is 22.0 Å². The summed E-state index contributed by atoms with van der Waals surface area (Å²) in [4.78, 5) is 0. The molecule has 0 heterocycles. The van der Waals surface area contributed by atoms with Crippen LogP contribution >= 0.6 is 69.6 Å². The van der Waals surface area contributed by atoms with Crippen LogP contribution in [0.3, 0.4) is 0 Å². The Balaban J connectivity index is 5.27. The number of alkyl halides is 6. The normalized spacial score (nSPS) is 14.6. The average molecular weight is 437 g/mol. The van der Waals surface area contributed by atoms with Crippen LogP contribution in [0.25, 0.3) is 0 Å². The second-order valence-corrected chi connectivity index (χ2v) is 12.1. The summed E-state index contributed by atoms with van der Waals surface area (Å²) < 4.78 is 19.0. The molecule has 0 fully saturated rings. The Labute approximate surface area is 152 Å². The third kappa shape index (κ3) is 8.51. The van der Waals surface area contributed by atoms with Crippen LogP contribution in [0.1, 0.15) is 13.8 Å². The standard InChI is InChI=1S/C10H8Cl6O2S2/c1-7(3-5-19(17)9(11,12)13)8(2)4-6-20(18)10(14,15)16/h5-6H,1-2H3. The van der Waals surface area contributed by atoms with E-state index in [1.807, 2.05) is 0 Å². The molecule has 2 unspecified atom stereocenters. The van der Waals surface area contributed by atoms with Crippen LogP contribution in [-0.4, -0.2) is 14.7 Å². The Kier molecular flexibility index (Phi) is 9.11. The molecule has 0 saturated carbocycles. The summed E-state index contributed by atoms with van der Waals surface area (Å²) in [5.41, 5.74) is 6.44. The van der Waals surface area contributed by atoms with Gasteiger partial charge in [-0.3, -0.25) is 0 Å². The molecule has 20 heavy (non-hydrogen) atoms. The average Bonchev–Trinajstić information content (AvgIpc) is 2.29. The molecule has 0 aliphatic rings. The predicted octanol–water partition coefficient (Wildman–Crippen LogP) is 5.26. The summed E-state index contributed by atoms with van der Waals surface area (Å²) >= 11 is 32.6. The minimum atomic E-state index is -1.92. The second-order valence-electron chi connectivity index (χ2n) is 3.26. The van der Waals surface area contributed by atoms with E-state index in [1.54, 1.807) is 13.8 Å². The van der Waals surface area contributed by atoms with Crippen LogP contribution in [0, 0.1) is 0 Å². The van der Waals surface area contributed by atoms with Gasteiger partial charge in [-0.25, -0.2) is 8.42 Å². The molecule has 10 heteroatoms. The van der Waals surface area contributed by atoms with Gasteiger partial charge in [-0.2, -0.15) is 0 Å². The topological polar surface area (TPSA) is 34.1 Å². The van der Waals surface area contributed by atoms with E-state index in [2.05, 4.69) is 11.5 Å². The Bertz CT molecular complexity index is 493. The smallest absolute Gasteiger partial charge is 0.250 e. The zero-order chi connectivity index (χ0) is 16.1. The lowest BCUT2D eigenvalue weighted by atomic mass is 10.2. The molecule has 0 spiro atoms. The van der Waals surface area contributed by atoms with Crippen LogP contribution in [0.2, 0.25) is 0 Å². The Morgan fingerprint density at radius 3 is 1.25 bits per heavy atom. The highest BCUT2D eigenvalue weighted by molar-refractivity contribution is 7.94. The Hall–Kier alpha value is 1.08. The maximum absolute atomic E-state index is 11.4. The van der Waals surface area contributed by atoms with Crippen LogP contribution < -0.4 is 0 Å². The zero-order valence-corrected chi connectivity index (χ0v) is 16.2. The molecule has 0 N–H and O–H groups in total. The van der Waals surface area contributed by atoms with Gasteiger partial charge in [-0.05, 0) is 13.8 Å². The van der Waals surface area contributed by atoms with Gasteiger partial charge >= 0.3 is 0 Å². The Morgan fingerprint density at radius 1 is 0.800 bits per heavy atom. The van der Waals surface area contributed by atoms with E-state index in [1.165, 1.54) is 0 Å². The molecule has 2 atom stereocenters. The highest BCUT2D eigenvalue weighted by atomic mass is 35.6. The summed E-state index contributed by atoms with van der Waals surface area (Å²) in [5.74, 6) is 0. The van der Waals surface area contributed by atoms with Gasteiger partial charge in [-0.15, -0.1) is 11.5 Å². The third-order valence-corrected chi connectivity index (χ3v) is 6.10. The maximum atomic E-state index is 11.4. The summed E-state index contributed by atoms with van der Waals surface area (Å²) in [7, 11) is -3.67. The lowest BCUT2D eigenvalue weighted by molar-refractivity contribution is 0.688. The summed E-state index contributed by atoms with van der Waals surface area (Å²) in [5, 5.41) is 2.22. The van der Waals surface area contributed by atoms with E-state index in [9.17, 15) is 8.42 Å². The van der Waals surface area contributed by atoms with Crippen LogP contribution in [0.5, 0.6) is 0 Å². The molecule has 0 saturated heterocycles. The van der Waals surface area contributed by atoms with Crippen molar-refractivity contribution in [1.82, 2.24) is 0 Å². The summed E-state index contributed by atoms with van der Waals surface area (Å²) in [6, 6.07) is 0. The first kappa shape index (κ1) is 21.1. The number of hydrogen-bond donors (Lipinski definition) is 0. The van der Waals surface area contributed by atoms with Crippen LogP contribution in [0.15, 0.2) is 33.4 Å². The number of hydrogen-bond acceptors (Lipinski definition) is 2. The van der Waals surface area contributed by atoms with Crippen molar-refractivity contribution in [2.24, 2.45) is 0 Å². The van der Waals surface area contributed by atoms with E-state index in [0.717, 1.165) is 10.8 Å². The van der Waals surface area contributed by atoms with E-state index >= 15 is 0 Å². The van der Waals surface area contributed by atoms with Crippen molar-refractivity contribution in [3.8, 4) is 0 Å². The molecule has 0 aliphatic heterocycles. The third-order valence-electron chi connectivity index (χ3n) is 1.78. The minimum absolute atomic E-state index is 0.546. The SMILES string of the molecule is CC(=C=CS(=O)C(Cl)(Cl)Cl)C(C)=C=CS(=O)C(Cl)(Cl)Cl. The van der Waals surface area contributed by atoms with Crippen molar-refractivity contribution >= 4 is 91.2 Å². The minimum Gasteiger partial charge on any atom is -0.250 e. The molecule has 0 aromatic rings. The first-order valence-corrected chi connectivity index (χ1v) is 9.37. The van der Waals surface area contributed by atoms with E-state index < -0.39 is 27.8 Å². The fraction of sp³-hybridized carbons (Fsp3) is 0.400. The quantitative estimate of drug-likeness (QED) is 0.343. The number of halogens is 6. The van der Waals surface area contributed by atoms with Crippen molar-refractivity contribution in [3.63, 3.8) is 0 Å². The van der Waals surface area contributed by atoms with Crippen LogP contribution in [-0.2, 0) is 21.6 Å². The van der Waals surface area contributed by atoms with Gasteiger partial charge in [0.05, 0.1) is 0 Å². The molecule has 114 valence electrons. The first-order valence-electron chi connectivity index (χ1n) is 4.67. The molecular weight excluding hydrogens is 429 g/mol. The fourth-order valence-electron chi connectivity index (χ4n) is 0.634. The van der Waals surface area contributed by atoms with Gasteiger partial charge in [-0.1, -0.05) is 69.6 Å². The molecule has 0 amide bonds. The highest BCUT2D eigenvalue weighted by Crippen LogP contribution is 2.31. The summed E-state index contributed by atoms with van der Waals surface area (Å²) in [6.45, 7) is 3.31. The van der Waals surface area contributed by atoms with Crippen molar-refractivity contribution in [1.29, 1.82) is 0 Å². The number of rotatable bonds is 3. The van der Waals surface area contributed by atoms with E-state index in [4.69, 9.17) is 69.6 Å². The molecule has 2 nitrogen and oxygen atoms in total. The maximum Gasteiger partial charge on any atom is 0.270 e.